The van der Waals surface area contributed by atoms with Crippen molar-refractivity contribution < 1.29 is 0 Å². The van der Waals surface area contributed by atoms with Crippen LogP contribution in [0.1, 0.15) is 43.4 Å². The van der Waals surface area contributed by atoms with Crippen LogP contribution in [0, 0.1) is 0 Å². The molecule has 1 aliphatic rings. The van der Waals surface area contributed by atoms with E-state index >= 15 is 0 Å². The average Bonchev–Trinajstić information content (AvgIpc) is 3.28. The van der Waals surface area contributed by atoms with E-state index in [1.807, 2.05) is 0 Å². The summed E-state index contributed by atoms with van der Waals surface area (Å²) in [4.78, 5) is 4.65. The molecule has 1 aliphatic carbocycles. The van der Waals surface area contributed by atoms with Gasteiger partial charge < -0.3 is 4.40 Å². The van der Waals surface area contributed by atoms with E-state index in [-0.39, 0.29) is 0 Å². The van der Waals surface area contributed by atoms with Crippen LogP contribution < -0.4 is 0 Å². The second-order valence-corrected chi connectivity index (χ2v) is 6.06. The molecule has 0 amide bonds. The number of hydrogen-bond donors (Lipinski definition) is 0. The Hall–Kier alpha value is -2.09. The van der Waals surface area contributed by atoms with Crippen LogP contribution in [0.5, 0.6) is 0 Å². The summed E-state index contributed by atoms with van der Waals surface area (Å²) < 4.78 is 2.15. The molecule has 2 heteroatoms. The van der Waals surface area contributed by atoms with Gasteiger partial charge in [0.2, 0.25) is 0 Å². The molecule has 0 unspecified atom stereocenters. The molecule has 1 aromatic carbocycles. The molecule has 0 bridgehead atoms. The van der Waals surface area contributed by atoms with Crippen molar-refractivity contribution in [2.45, 2.75) is 38.5 Å². The Bertz CT molecular complexity index is 764. The third-order valence-corrected chi connectivity index (χ3v) is 4.30. The van der Waals surface area contributed by atoms with Crippen molar-refractivity contribution in [1.29, 1.82) is 0 Å². The zero-order valence-electron chi connectivity index (χ0n) is 12.4. The van der Waals surface area contributed by atoms with E-state index in [4.69, 9.17) is 0 Å². The minimum absolute atomic E-state index is 0.826. The lowest BCUT2D eigenvalue weighted by Gasteiger charge is -2.04. The molecule has 0 saturated heterocycles. The highest BCUT2D eigenvalue weighted by atomic mass is 15.0. The Morgan fingerprint density at radius 2 is 1.76 bits per heavy atom. The molecular formula is C19H20N2. The summed E-state index contributed by atoms with van der Waals surface area (Å²) in [5.41, 5.74) is 6.25. The van der Waals surface area contributed by atoms with Gasteiger partial charge in [-0.05, 0) is 54.0 Å². The number of rotatable bonds is 4. The summed E-state index contributed by atoms with van der Waals surface area (Å²) in [6, 6.07) is 13.4. The Morgan fingerprint density at radius 3 is 2.48 bits per heavy atom. The maximum absolute atomic E-state index is 4.65. The SMILES string of the molecule is CCCc1cn2cc(-c3ccc(C4CC4)cc3)ccc2n1. The van der Waals surface area contributed by atoms with Gasteiger partial charge in [0.1, 0.15) is 5.65 Å². The van der Waals surface area contributed by atoms with E-state index in [1.165, 1.54) is 35.2 Å². The van der Waals surface area contributed by atoms with Crippen molar-refractivity contribution >= 4 is 5.65 Å². The van der Waals surface area contributed by atoms with Gasteiger partial charge in [0.05, 0.1) is 5.69 Å². The van der Waals surface area contributed by atoms with E-state index in [0.29, 0.717) is 0 Å². The van der Waals surface area contributed by atoms with Gasteiger partial charge in [-0.15, -0.1) is 0 Å². The van der Waals surface area contributed by atoms with E-state index in [9.17, 15) is 0 Å². The zero-order chi connectivity index (χ0) is 14.2. The predicted molar refractivity (Wildman–Crippen MR) is 86.6 cm³/mol. The topological polar surface area (TPSA) is 17.3 Å². The third kappa shape index (κ3) is 2.46. The second kappa shape index (κ2) is 5.03. The second-order valence-electron chi connectivity index (χ2n) is 6.06. The molecule has 1 saturated carbocycles. The fraction of sp³-hybridized carbons (Fsp3) is 0.316. The average molecular weight is 276 g/mol. The third-order valence-electron chi connectivity index (χ3n) is 4.30. The van der Waals surface area contributed by atoms with E-state index < -0.39 is 0 Å². The first-order chi connectivity index (χ1) is 10.3. The number of nitrogens with zero attached hydrogens (tertiary/aromatic N) is 2. The molecular weight excluding hydrogens is 256 g/mol. The summed E-state index contributed by atoms with van der Waals surface area (Å²) in [5, 5.41) is 0. The van der Waals surface area contributed by atoms with Gasteiger partial charge in [-0.3, -0.25) is 0 Å². The highest BCUT2D eigenvalue weighted by Crippen LogP contribution is 2.40. The van der Waals surface area contributed by atoms with Gasteiger partial charge >= 0.3 is 0 Å². The van der Waals surface area contributed by atoms with Crippen LogP contribution in [-0.2, 0) is 6.42 Å². The summed E-state index contributed by atoms with van der Waals surface area (Å²) in [7, 11) is 0. The highest BCUT2D eigenvalue weighted by Gasteiger charge is 2.22. The van der Waals surface area contributed by atoms with Crippen molar-refractivity contribution in [3.63, 3.8) is 0 Å². The molecule has 1 fully saturated rings. The van der Waals surface area contributed by atoms with Crippen molar-refractivity contribution in [1.82, 2.24) is 9.38 Å². The van der Waals surface area contributed by atoms with Crippen LogP contribution in [0.25, 0.3) is 16.8 Å². The number of fused-ring (bicyclic) bond motifs is 1. The van der Waals surface area contributed by atoms with Crippen molar-refractivity contribution in [3.8, 4) is 11.1 Å². The lowest BCUT2D eigenvalue weighted by Crippen LogP contribution is -1.86. The molecule has 21 heavy (non-hydrogen) atoms. The van der Waals surface area contributed by atoms with Gasteiger partial charge in [0.25, 0.3) is 0 Å². The minimum atomic E-state index is 0.826. The van der Waals surface area contributed by atoms with Gasteiger partial charge in [-0.2, -0.15) is 0 Å². The number of aromatic nitrogens is 2. The maximum Gasteiger partial charge on any atom is 0.137 e. The first kappa shape index (κ1) is 12.6. The van der Waals surface area contributed by atoms with E-state index in [1.54, 1.807) is 0 Å². The van der Waals surface area contributed by atoms with Crippen LogP contribution in [0.3, 0.4) is 0 Å². The number of pyridine rings is 1. The van der Waals surface area contributed by atoms with E-state index in [0.717, 1.165) is 24.4 Å². The van der Waals surface area contributed by atoms with Gasteiger partial charge in [0.15, 0.2) is 0 Å². The number of aryl methyl sites for hydroxylation is 1. The van der Waals surface area contributed by atoms with Crippen LogP contribution >= 0.6 is 0 Å². The standard InChI is InChI=1S/C19H20N2/c1-2-3-18-13-21-12-17(10-11-19(21)20-18)16-8-6-15(7-9-16)14-4-5-14/h6-14H,2-5H2,1H3. The summed E-state index contributed by atoms with van der Waals surface area (Å²) >= 11 is 0. The largest absolute Gasteiger partial charge is 0.306 e. The fourth-order valence-corrected chi connectivity index (χ4v) is 2.96. The normalized spacial score (nSPS) is 14.7. The Labute approximate surface area is 125 Å². The van der Waals surface area contributed by atoms with Crippen LogP contribution in [0.15, 0.2) is 48.8 Å². The number of benzene rings is 1. The lowest BCUT2D eigenvalue weighted by molar-refractivity contribution is 0.894. The molecule has 0 aliphatic heterocycles. The van der Waals surface area contributed by atoms with Crippen LogP contribution in [0.4, 0.5) is 0 Å². The number of hydrogen-bond acceptors (Lipinski definition) is 1. The lowest BCUT2D eigenvalue weighted by atomic mass is 10.0. The molecule has 3 aromatic rings. The maximum atomic E-state index is 4.65. The van der Waals surface area contributed by atoms with Gasteiger partial charge in [-0.25, -0.2) is 4.98 Å². The first-order valence-corrected chi connectivity index (χ1v) is 7.91. The van der Waals surface area contributed by atoms with Gasteiger partial charge in [-0.1, -0.05) is 37.6 Å². The fourth-order valence-electron chi connectivity index (χ4n) is 2.96. The monoisotopic (exact) mass is 276 g/mol. The molecule has 0 N–H and O–H groups in total. The van der Waals surface area contributed by atoms with Gasteiger partial charge in [0, 0.05) is 12.4 Å². The molecule has 2 nitrogen and oxygen atoms in total. The smallest absolute Gasteiger partial charge is 0.137 e. The molecule has 2 heterocycles. The predicted octanol–water partition coefficient (Wildman–Crippen LogP) is 4.83. The number of imidazole rings is 1. The van der Waals surface area contributed by atoms with Crippen LogP contribution in [0.2, 0.25) is 0 Å². The molecule has 106 valence electrons. The molecule has 2 aromatic heterocycles. The van der Waals surface area contributed by atoms with Crippen molar-refractivity contribution in [3.05, 3.63) is 60.0 Å². The van der Waals surface area contributed by atoms with E-state index in [2.05, 4.69) is 65.1 Å². The highest BCUT2D eigenvalue weighted by molar-refractivity contribution is 5.65. The van der Waals surface area contributed by atoms with Crippen LogP contribution in [-0.4, -0.2) is 9.38 Å². The molecule has 0 spiro atoms. The molecule has 0 radical (unpaired) electrons. The minimum Gasteiger partial charge on any atom is -0.306 e. The molecule has 0 atom stereocenters. The summed E-state index contributed by atoms with van der Waals surface area (Å²) in [5.74, 6) is 0.826. The first-order valence-electron chi connectivity index (χ1n) is 7.91. The zero-order valence-corrected chi connectivity index (χ0v) is 12.4. The summed E-state index contributed by atoms with van der Waals surface area (Å²) in [6.07, 6.45) is 9.25. The Morgan fingerprint density at radius 1 is 1.00 bits per heavy atom. The molecule has 4 rings (SSSR count). The Kier molecular flexibility index (Phi) is 3.03. The quantitative estimate of drug-likeness (QED) is 0.667. The van der Waals surface area contributed by atoms with Crippen molar-refractivity contribution in [2.75, 3.05) is 0 Å². The Balaban J connectivity index is 1.68. The summed E-state index contributed by atoms with van der Waals surface area (Å²) in [6.45, 7) is 2.19. The van der Waals surface area contributed by atoms with Crippen molar-refractivity contribution in [2.24, 2.45) is 0 Å².